The molecule has 0 radical (unpaired) electrons. The number of hydrogen-bond donors (Lipinski definition) is 2. The van der Waals surface area contributed by atoms with Crippen LogP contribution in [0.5, 0.6) is 0 Å². The van der Waals surface area contributed by atoms with Crippen LogP contribution in [0.4, 0.5) is 0 Å². The molecule has 0 spiro atoms. The molecule has 0 aliphatic carbocycles. The summed E-state index contributed by atoms with van der Waals surface area (Å²) in [5, 5.41) is 5.46. The third-order valence-electron chi connectivity index (χ3n) is 4.69. The molecule has 0 aliphatic rings. The first kappa shape index (κ1) is 24.3. The van der Waals surface area contributed by atoms with E-state index in [1.165, 1.54) is 41.7 Å². The van der Waals surface area contributed by atoms with Crippen LogP contribution in [0, 0.1) is 13.8 Å². The van der Waals surface area contributed by atoms with Gasteiger partial charge in [-0.3, -0.25) is 9.59 Å². The van der Waals surface area contributed by atoms with Crippen LogP contribution < -0.4 is 10.6 Å². The Labute approximate surface area is 184 Å². The topological polar surface area (TPSA) is 95.6 Å². The normalized spacial score (nSPS) is 11.2. The predicted octanol–water partition coefficient (Wildman–Crippen LogP) is 2.55. The Hall–Kier alpha value is -2.97. The number of benzene rings is 2. The van der Waals surface area contributed by atoms with Gasteiger partial charge in [0.2, 0.25) is 15.9 Å². The van der Waals surface area contributed by atoms with E-state index in [2.05, 4.69) is 23.3 Å². The molecule has 2 aromatic carbocycles. The lowest BCUT2D eigenvalue weighted by Gasteiger charge is -2.17. The van der Waals surface area contributed by atoms with Crippen molar-refractivity contribution in [2.45, 2.75) is 31.7 Å². The number of nitrogens with one attached hydrogen (secondary N) is 2. The fourth-order valence-electron chi connectivity index (χ4n) is 3.12. The average Bonchev–Trinajstić information content (AvgIpc) is 2.74. The summed E-state index contributed by atoms with van der Waals surface area (Å²) in [5.41, 5.74) is 3.66. The number of carbonyl (C=O) groups excluding carboxylic acids is 2. The lowest BCUT2D eigenvalue weighted by atomic mass is 10.1. The smallest absolute Gasteiger partial charge is 0.251 e. The van der Waals surface area contributed by atoms with Crippen molar-refractivity contribution in [2.75, 3.05) is 20.1 Å². The molecule has 0 fully saturated rings. The van der Waals surface area contributed by atoms with Gasteiger partial charge in [-0.1, -0.05) is 35.9 Å². The third-order valence-corrected chi connectivity index (χ3v) is 6.56. The number of rotatable bonds is 10. The fraction of sp³-hybridized carbons (Fsp3) is 0.304. The van der Waals surface area contributed by atoms with Crippen LogP contribution in [0.15, 0.2) is 60.0 Å². The Bertz CT molecular complexity index is 1030. The highest BCUT2D eigenvalue weighted by atomic mass is 32.2. The summed E-state index contributed by atoms with van der Waals surface area (Å²) in [7, 11) is -2.20. The molecule has 0 unspecified atom stereocenters. The van der Waals surface area contributed by atoms with Crippen molar-refractivity contribution in [3.63, 3.8) is 0 Å². The molecule has 0 aliphatic heterocycles. The van der Waals surface area contributed by atoms with Crippen LogP contribution in [0.3, 0.4) is 0 Å². The van der Waals surface area contributed by atoms with Gasteiger partial charge in [0.1, 0.15) is 0 Å². The van der Waals surface area contributed by atoms with E-state index in [-0.39, 0.29) is 23.3 Å². The summed E-state index contributed by atoms with van der Waals surface area (Å²) >= 11 is 0. The molecular weight excluding hydrogens is 414 g/mol. The molecule has 2 N–H and O–H groups in total. The van der Waals surface area contributed by atoms with Crippen LogP contribution in [0.1, 0.15) is 33.5 Å². The quantitative estimate of drug-likeness (QED) is 0.436. The molecule has 0 bridgehead atoms. The summed E-state index contributed by atoms with van der Waals surface area (Å²) in [5.74, 6) is -0.564. The molecule has 0 saturated carbocycles. The van der Waals surface area contributed by atoms with Crippen LogP contribution in [0.2, 0.25) is 0 Å². The van der Waals surface area contributed by atoms with Crippen molar-refractivity contribution in [3.05, 3.63) is 77.4 Å². The minimum atomic E-state index is -3.68. The van der Waals surface area contributed by atoms with Gasteiger partial charge in [-0.25, -0.2) is 12.7 Å². The van der Waals surface area contributed by atoms with Gasteiger partial charge in [0.25, 0.3) is 5.91 Å². The summed E-state index contributed by atoms with van der Waals surface area (Å²) < 4.78 is 26.6. The summed E-state index contributed by atoms with van der Waals surface area (Å²) in [6.07, 6.45) is 1.63. The number of sulfonamides is 1. The molecule has 0 aromatic heterocycles. The Morgan fingerprint density at radius 1 is 1.03 bits per heavy atom. The summed E-state index contributed by atoms with van der Waals surface area (Å²) in [6.45, 7) is 8.37. The third kappa shape index (κ3) is 7.04. The maximum absolute atomic E-state index is 12.7. The number of amides is 2. The molecule has 2 rings (SSSR count). The second-order valence-corrected chi connectivity index (χ2v) is 9.42. The van der Waals surface area contributed by atoms with Gasteiger partial charge >= 0.3 is 0 Å². The van der Waals surface area contributed by atoms with Crippen LogP contribution in [-0.2, 0) is 21.4 Å². The summed E-state index contributed by atoms with van der Waals surface area (Å²) in [4.78, 5) is 23.7. The first-order valence-electron chi connectivity index (χ1n) is 9.95. The van der Waals surface area contributed by atoms with E-state index in [1.807, 2.05) is 26.0 Å². The zero-order valence-electron chi connectivity index (χ0n) is 18.1. The molecule has 0 atom stereocenters. The first-order valence-corrected chi connectivity index (χ1v) is 11.4. The van der Waals surface area contributed by atoms with Crippen molar-refractivity contribution in [3.8, 4) is 0 Å². The standard InChI is InChI=1S/C23H29N3O4S/c1-5-22(27)24-11-6-12-26(4)31(29,30)21-9-7-20(8-10-21)23(28)25-16-19-14-17(2)13-18(3)15-19/h5,7-10,13-15H,1,6,11-12,16H2,2-4H3,(H,24,27)(H,25,28). The van der Waals surface area contributed by atoms with Gasteiger partial charge in [0.05, 0.1) is 4.90 Å². The number of nitrogens with zero attached hydrogens (tertiary/aromatic N) is 1. The van der Waals surface area contributed by atoms with E-state index in [0.717, 1.165) is 16.7 Å². The highest BCUT2D eigenvalue weighted by Crippen LogP contribution is 2.16. The second kappa shape index (κ2) is 10.9. The number of aryl methyl sites for hydroxylation is 2. The zero-order chi connectivity index (χ0) is 23.0. The molecule has 2 aromatic rings. The van der Waals surface area contributed by atoms with Gasteiger partial charge in [0.15, 0.2) is 0 Å². The van der Waals surface area contributed by atoms with E-state index < -0.39 is 10.0 Å². The van der Waals surface area contributed by atoms with Gasteiger partial charge in [-0.05, 0) is 56.2 Å². The largest absolute Gasteiger partial charge is 0.353 e. The van der Waals surface area contributed by atoms with Gasteiger partial charge in [-0.15, -0.1) is 0 Å². The molecule has 31 heavy (non-hydrogen) atoms. The lowest BCUT2D eigenvalue weighted by Crippen LogP contribution is -2.31. The average molecular weight is 444 g/mol. The second-order valence-electron chi connectivity index (χ2n) is 7.38. The van der Waals surface area contributed by atoms with Crippen molar-refractivity contribution < 1.29 is 18.0 Å². The monoisotopic (exact) mass is 443 g/mol. The maximum Gasteiger partial charge on any atom is 0.251 e. The Balaban J connectivity index is 1.95. The van der Waals surface area contributed by atoms with E-state index in [1.54, 1.807) is 0 Å². The predicted molar refractivity (Wildman–Crippen MR) is 121 cm³/mol. The molecular formula is C23H29N3O4S. The number of hydrogen-bond acceptors (Lipinski definition) is 4. The van der Waals surface area contributed by atoms with Crippen molar-refractivity contribution in [1.82, 2.24) is 14.9 Å². The van der Waals surface area contributed by atoms with Crippen molar-refractivity contribution in [1.29, 1.82) is 0 Å². The maximum atomic E-state index is 12.7. The molecule has 166 valence electrons. The van der Waals surface area contributed by atoms with Gasteiger partial charge in [0, 0.05) is 32.2 Å². The highest BCUT2D eigenvalue weighted by molar-refractivity contribution is 7.89. The minimum absolute atomic E-state index is 0.107. The van der Waals surface area contributed by atoms with Crippen molar-refractivity contribution >= 4 is 21.8 Å². The van der Waals surface area contributed by atoms with Gasteiger partial charge < -0.3 is 10.6 Å². The Morgan fingerprint density at radius 3 is 2.23 bits per heavy atom. The molecule has 0 heterocycles. The first-order chi connectivity index (χ1) is 14.6. The Morgan fingerprint density at radius 2 is 1.65 bits per heavy atom. The SMILES string of the molecule is C=CC(=O)NCCCN(C)S(=O)(=O)c1ccc(C(=O)NCc2cc(C)cc(C)c2)cc1. The molecule has 7 nitrogen and oxygen atoms in total. The van der Waals surface area contributed by atoms with Crippen molar-refractivity contribution in [2.24, 2.45) is 0 Å². The molecule has 0 saturated heterocycles. The zero-order valence-corrected chi connectivity index (χ0v) is 19.0. The summed E-state index contributed by atoms with van der Waals surface area (Å²) in [6, 6.07) is 12.0. The molecule has 2 amide bonds. The lowest BCUT2D eigenvalue weighted by molar-refractivity contribution is -0.116. The van der Waals surface area contributed by atoms with Gasteiger partial charge in [-0.2, -0.15) is 0 Å². The highest BCUT2D eigenvalue weighted by Gasteiger charge is 2.20. The van der Waals surface area contributed by atoms with E-state index in [9.17, 15) is 18.0 Å². The van der Waals surface area contributed by atoms with Crippen LogP contribution >= 0.6 is 0 Å². The fourth-order valence-corrected chi connectivity index (χ4v) is 4.33. The number of carbonyl (C=O) groups is 2. The molecule has 8 heteroatoms. The van der Waals surface area contributed by atoms with Crippen LogP contribution in [0.25, 0.3) is 0 Å². The van der Waals surface area contributed by atoms with Crippen LogP contribution in [-0.4, -0.2) is 44.7 Å². The van der Waals surface area contributed by atoms with E-state index in [0.29, 0.717) is 25.1 Å². The van der Waals surface area contributed by atoms with E-state index in [4.69, 9.17) is 0 Å². The minimum Gasteiger partial charge on any atom is -0.353 e. The van der Waals surface area contributed by atoms with E-state index >= 15 is 0 Å². The Kier molecular flexibility index (Phi) is 8.53.